The number of para-hydroxylation sites is 7. The predicted molar refractivity (Wildman–Crippen MR) is 420 cm³/mol. The van der Waals surface area contributed by atoms with Gasteiger partial charge in [-0.1, -0.05) is 231 Å². The first-order valence-corrected chi connectivity index (χ1v) is 35.6. The molecule has 8 heterocycles. The number of benzene rings is 14. The third-order valence-corrected chi connectivity index (χ3v) is 22.6. The molecule has 0 radical (unpaired) electrons. The van der Waals surface area contributed by atoms with Crippen molar-refractivity contribution < 1.29 is 8.83 Å². The number of hydrogen-bond acceptors (Lipinski definition) is 10. The molecule has 0 aliphatic rings. The molecule has 0 amide bonds. The van der Waals surface area contributed by atoms with E-state index in [1.165, 1.54) is 40.3 Å². The Hall–Kier alpha value is -13.3. The number of aromatic nitrogens is 8. The fourth-order valence-corrected chi connectivity index (χ4v) is 17.9. The van der Waals surface area contributed by atoms with Gasteiger partial charge in [0.1, 0.15) is 22.3 Å². The molecule has 22 aromatic rings. The molecule has 14 aromatic carbocycles. The quantitative estimate of drug-likeness (QED) is 0.140. The molecule has 12 heteroatoms. The van der Waals surface area contributed by atoms with Gasteiger partial charge in [-0.05, 0) is 95.1 Å². The molecule has 0 atom stereocenters. The normalized spacial score (nSPS) is 12.1. The third kappa shape index (κ3) is 8.64. The van der Waals surface area contributed by atoms with E-state index in [1.54, 1.807) is 11.3 Å². The average Bonchev–Trinajstić information content (AvgIpc) is 1.59. The van der Waals surface area contributed by atoms with Gasteiger partial charge in [0.05, 0.1) is 33.2 Å². The zero-order valence-electron chi connectivity index (χ0n) is 54.1. The Morgan fingerprint density at radius 2 is 0.608 bits per heavy atom. The molecule has 0 bridgehead atoms. The van der Waals surface area contributed by atoms with E-state index in [9.17, 15) is 0 Å². The number of rotatable bonds is 9. The van der Waals surface area contributed by atoms with Crippen LogP contribution in [0.5, 0.6) is 0 Å². The molecule has 0 spiro atoms. The summed E-state index contributed by atoms with van der Waals surface area (Å²) in [5.74, 6) is 2.94. The van der Waals surface area contributed by atoms with Gasteiger partial charge in [-0.3, -0.25) is 9.13 Å². The van der Waals surface area contributed by atoms with Crippen LogP contribution in [-0.4, -0.2) is 39.0 Å². The fraction of sp³-hybridized carbons (Fsp3) is 0. The summed E-state index contributed by atoms with van der Waals surface area (Å²) in [6.07, 6.45) is 0. The molecule has 0 unspecified atom stereocenters. The van der Waals surface area contributed by atoms with Crippen molar-refractivity contribution in [2.24, 2.45) is 0 Å². The van der Waals surface area contributed by atoms with Crippen molar-refractivity contribution in [1.82, 2.24) is 39.0 Å². The molecule has 102 heavy (non-hydrogen) atoms. The SMILES string of the molecule is c1ccc(-c2nc(-c3ccc(-c4cccc(-c5nc(-c6cccc7c6oc6c(-c8ccc9sc%10ccccc%10c9c8)cccc67)nc(-n6c7ccccc7c7ccccc76)n5)c4)c4c3oc3c(-c5ccc6c(c5)sc5ccccc56)cccc34)nc(-n3c4ccccc4c4ccccc43)n2)cc1. The minimum absolute atomic E-state index is 0.470. The largest absolute Gasteiger partial charge is 0.455 e. The minimum Gasteiger partial charge on any atom is -0.455 e. The summed E-state index contributed by atoms with van der Waals surface area (Å²) >= 11 is 3.63. The number of hydrogen-bond donors (Lipinski definition) is 0. The van der Waals surface area contributed by atoms with E-state index >= 15 is 0 Å². The monoisotopic (exact) mass is 1340 g/mol. The van der Waals surface area contributed by atoms with Crippen LogP contribution in [0, 0.1) is 0 Å². The van der Waals surface area contributed by atoms with Gasteiger partial charge >= 0.3 is 0 Å². The second-order valence-corrected chi connectivity index (χ2v) is 28.2. The van der Waals surface area contributed by atoms with Crippen LogP contribution in [0.4, 0.5) is 0 Å². The second-order valence-electron chi connectivity index (χ2n) is 26.0. The Morgan fingerprint density at radius 1 is 0.216 bits per heavy atom. The summed E-state index contributed by atoms with van der Waals surface area (Å²) in [6.45, 7) is 0. The van der Waals surface area contributed by atoms with E-state index in [-0.39, 0.29) is 0 Å². The molecule has 8 aromatic heterocycles. The topological polar surface area (TPSA) is 113 Å². The molecule has 0 N–H and O–H groups in total. The van der Waals surface area contributed by atoms with E-state index in [0.717, 1.165) is 132 Å². The van der Waals surface area contributed by atoms with E-state index in [0.29, 0.717) is 46.4 Å². The Balaban J connectivity index is 0.759. The van der Waals surface area contributed by atoms with Crippen LogP contribution >= 0.6 is 22.7 Å². The number of furan rings is 2. The Labute approximate surface area is 588 Å². The number of nitrogens with zero attached hydrogens (tertiary/aromatic N) is 8. The molecule has 0 fully saturated rings. The molecule has 10 nitrogen and oxygen atoms in total. The van der Waals surface area contributed by atoms with E-state index in [2.05, 4.69) is 282 Å². The van der Waals surface area contributed by atoms with Crippen molar-refractivity contribution in [3.05, 3.63) is 303 Å². The van der Waals surface area contributed by atoms with Crippen molar-refractivity contribution in [2.75, 3.05) is 0 Å². The maximum Gasteiger partial charge on any atom is 0.238 e. The number of thiophene rings is 2. The van der Waals surface area contributed by atoms with E-state index in [4.69, 9.17) is 38.7 Å². The first-order valence-electron chi connectivity index (χ1n) is 34.0. The molecular weight excluding hydrogens is 1290 g/mol. The van der Waals surface area contributed by atoms with Crippen LogP contribution in [0.2, 0.25) is 0 Å². The minimum atomic E-state index is 0.470. The first-order chi connectivity index (χ1) is 50.5. The van der Waals surface area contributed by atoms with E-state index in [1.807, 2.05) is 41.7 Å². The van der Waals surface area contributed by atoms with Gasteiger partial charge in [0, 0.05) is 106 Å². The lowest BCUT2D eigenvalue weighted by Gasteiger charge is -2.13. The molecule has 0 aliphatic heterocycles. The van der Waals surface area contributed by atoms with Crippen LogP contribution in [0.15, 0.2) is 312 Å². The van der Waals surface area contributed by atoms with Gasteiger partial charge in [0.25, 0.3) is 0 Å². The van der Waals surface area contributed by atoms with Crippen molar-refractivity contribution in [1.29, 1.82) is 0 Å². The Morgan fingerprint density at radius 3 is 1.24 bits per heavy atom. The highest BCUT2D eigenvalue weighted by Crippen LogP contribution is 2.48. The molecule has 0 saturated carbocycles. The Kier molecular flexibility index (Phi) is 12.3. The fourth-order valence-electron chi connectivity index (χ4n) is 15.7. The summed E-state index contributed by atoms with van der Waals surface area (Å²) in [6, 6.07) is 107. The van der Waals surface area contributed by atoms with Crippen molar-refractivity contribution in [3.8, 4) is 90.8 Å². The Bertz CT molecular complexity index is 7190. The van der Waals surface area contributed by atoms with Crippen LogP contribution in [0.3, 0.4) is 0 Å². The molecule has 0 saturated heterocycles. The van der Waals surface area contributed by atoms with Crippen molar-refractivity contribution >= 4 is 151 Å². The van der Waals surface area contributed by atoms with Gasteiger partial charge in [0.2, 0.25) is 11.9 Å². The van der Waals surface area contributed by atoms with Crippen LogP contribution in [0.25, 0.3) is 219 Å². The highest BCUT2D eigenvalue weighted by Gasteiger charge is 2.27. The summed E-state index contributed by atoms with van der Waals surface area (Å²) < 4.78 is 24.1. The smallest absolute Gasteiger partial charge is 0.238 e. The van der Waals surface area contributed by atoms with E-state index < -0.39 is 0 Å². The lowest BCUT2D eigenvalue weighted by molar-refractivity contribution is 0.670. The third-order valence-electron chi connectivity index (χ3n) is 20.3. The second kappa shape index (κ2) is 22.1. The van der Waals surface area contributed by atoms with Crippen molar-refractivity contribution in [3.63, 3.8) is 0 Å². The maximum absolute atomic E-state index is 7.55. The summed E-state index contributed by atoms with van der Waals surface area (Å²) in [4.78, 5) is 32.8. The molecule has 0 aliphatic carbocycles. The summed E-state index contributed by atoms with van der Waals surface area (Å²) in [7, 11) is 0. The highest BCUT2D eigenvalue weighted by atomic mass is 32.1. The summed E-state index contributed by atoms with van der Waals surface area (Å²) in [5.41, 5.74) is 15.9. The van der Waals surface area contributed by atoms with Gasteiger partial charge in [-0.15, -0.1) is 22.7 Å². The maximum atomic E-state index is 7.55. The first kappa shape index (κ1) is 56.7. The number of fused-ring (bicyclic) bond motifs is 18. The zero-order chi connectivity index (χ0) is 66.7. The standard InChI is InChI=1S/C90H50N8O2S2/c1-2-20-51(21-3-1)85-91-88(96-89(93-85)97-72-36-10-4-24-59(72)60-25-5-11-37-73(60)97)70-46-45-56(80-68-34-18-31-58(82(68)100-84(70)80)54-42-44-65-63-28-8-14-40-76(63)102-79(65)50-54)52-22-16-23-55(48-52)86-92-87(95-90(94-86)98-74-38-12-6-26-61(74)62-27-7-13-39-75(62)98)69-35-19-33-67-66-32-17-30-57(81(66)99-83(67)69)53-43-47-78-71(49-53)64-29-9-15-41-77(64)101-78/h1-50H. The zero-order valence-corrected chi connectivity index (χ0v) is 55.7. The van der Waals surface area contributed by atoms with Gasteiger partial charge in [-0.2, -0.15) is 19.9 Å². The lowest BCUT2D eigenvalue weighted by atomic mass is 9.94. The van der Waals surface area contributed by atoms with Crippen LogP contribution in [0.1, 0.15) is 0 Å². The molecule has 22 rings (SSSR count). The van der Waals surface area contributed by atoms with Gasteiger partial charge in [-0.25, -0.2) is 9.97 Å². The van der Waals surface area contributed by atoms with Gasteiger partial charge in [0.15, 0.2) is 23.3 Å². The molecule has 474 valence electrons. The van der Waals surface area contributed by atoms with Gasteiger partial charge < -0.3 is 8.83 Å². The highest BCUT2D eigenvalue weighted by molar-refractivity contribution is 7.26. The predicted octanol–water partition coefficient (Wildman–Crippen LogP) is 24.5. The average molecular weight is 1340 g/mol. The van der Waals surface area contributed by atoms with Crippen molar-refractivity contribution in [2.45, 2.75) is 0 Å². The van der Waals surface area contributed by atoms with Crippen LogP contribution in [-0.2, 0) is 0 Å². The molecular formula is C90H50N8O2S2. The van der Waals surface area contributed by atoms with Crippen LogP contribution < -0.4 is 0 Å². The summed E-state index contributed by atoms with van der Waals surface area (Å²) in [5, 5.41) is 13.2. The lowest BCUT2D eigenvalue weighted by Crippen LogP contribution is -2.06.